The second-order valence-electron chi connectivity index (χ2n) is 4.45. The highest BCUT2D eigenvalue weighted by molar-refractivity contribution is 7.98. The molecule has 0 aliphatic rings. The van der Waals surface area contributed by atoms with E-state index >= 15 is 0 Å². The van der Waals surface area contributed by atoms with Crippen LogP contribution in [0.1, 0.15) is 31.4 Å². The largest absolute Gasteiger partial charge is 0.386 e. The molecule has 0 radical (unpaired) electrons. The van der Waals surface area contributed by atoms with Crippen molar-refractivity contribution in [1.82, 2.24) is 5.32 Å². The summed E-state index contributed by atoms with van der Waals surface area (Å²) in [5.74, 6) is 0.955. The summed E-state index contributed by atoms with van der Waals surface area (Å²) < 4.78 is 0. The lowest BCUT2D eigenvalue weighted by molar-refractivity contribution is -0.122. The molecule has 0 aliphatic carbocycles. The zero-order chi connectivity index (χ0) is 14.3. The maximum atomic E-state index is 11.7. The minimum atomic E-state index is -0.721. The molecule has 0 bridgehead atoms. The second kappa shape index (κ2) is 8.46. The molecule has 106 valence electrons. The minimum absolute atomic E-state index is 0.0189. The van der Waals surface area contributed by atoms with Gasteiger partial charge >= 0.3 is 0 Å². The Morgan fingerprint density at radius 2 is 2.05 bits per heavy atom. The van der Waals surface area contributed by atoms with E-state index in [9.17, 15) is 9.90 Å². The van der Waals surface area contributed by atoms with Crippen LogP contribution in [0.4, 0.5) is 0 Å². The number of benzene rings is 1. The lowest BCUT2D eigenvalue weighted by Crippen LogP contribution is -2.37. The van der Waals surface area contributed by atoms with Crippen molar-refractivity contribution >= 4 is 29.3 Å². The van der Waals surface area contributed by atoms with E-state index in [-0.39, 0.29) is 11.9 Å². The predicted octanol–water partition coefficient (Wildman–Crippen LogP) is 3.02. The lowest BCUT2D eigenvalue weighted by Gasteiger charge is -2.20. The van der Waals surface area contributed by atoms with Crippen LogP contribution in [0, 0.1) is 0 Å². The molecule has 19 heavy (non-hydrogen) atoms. The molecule has 1 rings (SSSR count). The molecule has 1 aromatic carbocycles. The molecular weight excluding hydrogens is 282 g/mol. The van der Waals surface area contributed by atoms with Gasteiger partial charge in [-0.25, -0.2) is 0 Å². The van der Waals surface area contributed by atoms with Gasteiger partial charge in [0.1, 0.15) is 0 Å². The fourth-order valence-electron chi connectivity index (χ4n) is 1.73. The van der Waals surface area contributed by atoms with Crippen LogP contribution < -0.4 is 5.32 Å². The van der Waals surface area contributed by atoms with E-state index in [1.165, 1.54) is 0 Å². The van der Waals surface area contributed by atoms with Crippen molar-refractivity contribution in [3.8, 4) is 0 Å². The minimum Gasteiger partial charge on any atom is -0.386 e. The van der Waals surface area contributed by atoms with Crippen molar-refractivity contribution < 1.29 is 9.90 Å². The van der Waals surface area contributed by atoms with Gasteiger partial charge in [0.2, 0.25) is 5.91 Å². The van der Waals surface area contributed by atoms with E-state index in [1.54, 1.807) is 43.0 Å². The molecule has 0 spiro atoms. The number of rotatable bonds is 7. The maximum Gasteiger partial charge on any atom is 0.220 e. The number of thioether (sulfide) groups is 1. The SMILES string of the molecule is CSCCCC(=O)NC(C)C(O)c1ccc(Cl)cc1. The van der Waals surface area contributed by atoms with Crippen molar-refractivity contribution in [2.24, 2.45) is 0 Å². The third-order valence-electron chi connectivity index (χ3n) is 2.83. The van der Waals surface area contributed by atoms with Crippen LogP contribution >= 0.6 is 23.4 Å². The van der Waals surface area contributed by atoms with Crippen molar-refractivity contribution in [1.29, 1.82) is 0 Å². The average molecular weight is 302 g/mol. The van der Waals surface area contributed by atoms with Crippen LogP contribution in [0.5, 0.6) is 0 Å². The van der Waals surface area contributed by atoms with Crippen LogP contribution in [-0.4, -0.2) is 29.1 Å². The zero-order valence-electron chi connectivity index (χ0n) is 11.2. The van der Waals surface area contributed by atoms with Gasteiger partial charge < -0.3 is 10.4 Å². The van der Waals surface area contributed by atoms with Gasteiger partial charge in [0.15, 0.2) is 0 Å². The lowest BCUT2D eigenvalue weighted by atomic mass is 10.0. The summed E-state index contributed by atoms with van der Waals surface area (Å²) in [4.78, 5) is 11.7. The number of amides is 1. The topological polar surface area (TPSA) is 49.3 Å². The molecule has 1 aromatic rings. The average Bonchev–Trinajstić information content (AvgIpc) is 2.39. The number of hydrogen-bond donors (Lipinski definition) is 2. The first kappa shape index (κ1) is 16.3. The second-order valence-corrected chi connectivity index (χ2v) is 5.87. The Morgan fingerprint density at radius 1 is 1.42 bits per heavy atom. The summed E-state index contributed by atoms with van der Waals surface area (Å²) >= 11 is 7.52. The van der Waals surface area contributed by atoms with Crippen LogP contribution in [-0.2, 0) is 4.79 Å². The van der Waals surface area contributed by atoms with Gasteiger partial charge in [-0.05, 0) is 43.0 Å². The monoisotopic (exact) mass is 301 g/mol. The van der Waals surface area contributed by atoms with E-state index in [1.807, 2.05) is 6.26 Å². The molecule has 0 saturated carbocycles. The molecular formula is C14H20ClNO2S. The van der Waals surface area contributed by atoms with E-state index < -0.39 is 6.10 Å². The predicted molar refractivity (Wildman–Crippen MR) is 81.6 cm³/mol. The molecule has 0 heterocycles. The summed E-state index contributed by atoms with van der Waals surface area (Å²) in [6.45, 7) is 1.80. The van der Waals surface area contributed by atoms with Crippen LogP contribution in [0.3, 0.4) is 0 Å². The zero-order valence-corrected chi connectivity index (χ0v) is 12.8. The first-order valence-corrected chi connectivity index (χ1v) is 8.03. The standard InChI is InChI=1S/C14H20ClNO2S/c1-10(16-13(17)4-3-9-19-2)14(18)11-5-7-12(15)8-6-11/h5-8,10,14,18H,3-4,9H2,1-2H3,(H,16,17). The Morgan fingerprint density at radius 3 is 2.63 bits per heavy atom. The molecule has 2 atom stereocenters. The Hall–Kier alpha value is -0.710. The first-order valence-electron chi connectivity index (χ1n) is 6.26. The van der Waals surface area contributed by atoms with Crippen molar-refractivity contribution in [2.45, 2.75) is 31.9 Å². The highest BCUT2D eigenvalue weighted by Crippen LogP contribution is 2.19. The number of halogens is 1. The Labute approximate surface area is 123 Å². The molecule has 0 aliphatic heterocycles. The number of aliphatic hydroxyl groups is 1. The number of carbonyl (C=O) groups excluding carboxylic acids is 1. The summed E-state index contributed by atoms with van der Waals surface area (Å²) in [5.41, 5.74) is 0.751. The Balaban J connectivity index is 2.46. The van der Waals surface area contributed by atoms with Crippen LogP contribution in [0.2, 0.25) is 5.02 Å². The molecule has 3 nitrogen and oxygen atoms in total. The van der Waals surface area contributed by atoms with Gasteiger partial charge in [0.25, 0.3) is 0 Å². The van der Waals surface area contributed by atoms with E-state index in [0.29, 0.717) is 11.4 Å². The molecule has 0 saturated heterocycles. The van der Waals surface area contributed by atoms with Crippen LogP contribution in [0.15, 0.2) is 24.3 Å². The summed E-state index contributed by atoms with van der Waals surface area (Å²) in [7, 11) is 0. The van der Waals surface area contributed by atoms with Gasteiger partial charge in [0.05, 0.1) is 12.1 Å². The maximum absolute atomic E-state index is 11.7. The van der Waals surface area contributed by atoms with Gasteiger partial charge in [0, 0.05) is 11.4 Å². The highest BCUT2D eigenvalue weighted by Gasteiger charge is 2.18. The fraction of sp³-hybridized carbons (Fsp3) is 0.500. The van der Waals surface area contributed by atoms with Crippen molar-refractivity contribution in [2.75, 3.05) is 12.0 Å². The first-order chi connectivity index (χ1) is 9.04. The number of aliphatic hydroxyl groups excluding tert-OH is 1. The third kappa shape index (κ3) is 5.85. The molecule has 0 aromatic heterocycles. The van der Waals surface area contributed by atoms with Gasteiger partial charge in [-0.3, -0.25) is 4.79 Å². The summed E-state index contributed by atoms with van der Waals surface area (Å²) in [5, 5.41) is 13.6. The summed E-state index contributed by atoms with van der Waals surface area (Å²) in [6, 6.07) is 6.68. The molecule has 2 N–H and O–H groups in total. The molecule has 0 fully saturated rings. The van der Waals surface area contributed by atoms with E-state index in [4.69, 9.17) is 11.6 Å². The third-order valence-corrected chi connectivity index (χ3v) is 3.77. The molecule has 2 unspecified atom stereocenters. The quantitative estimate of drug-likeness (QED) is 0.761. The Bertz CT molecular complexity index is 397. The van der Waals surface area contributed by atoms with Crippen molar-refractivity contribution in [3.63, 3.8) is 0 Å². The highest BCUT2D eigenvalue weighted by atomic mass is 35.5. The molecule has 5 heteroatoms. The van der Waals surface area contributed by atoms with Gasteiger partial charge in [-0.15, -0.1) is 0 Å². The van der Waals surface area contributed by atoms with Crippen LogP contribution in [0.25, 0.3) is 0 Å². The number of carbonyl (C=O) groups is 1. The number of nitrogens with one attached hydrogen (secondary N) is 1. The smallest absolute Gasteiger partial charge is 0.220 e. The van der Waals surface area contributed by atoms with Gasteiger partial charge in [-0.1, -0.05) is 23.7 Å². The normalized spacial score (nSPS) is 13.9. The van der Waals surface area contributed by atoms with E-state index in [2.05, 4.69) is 5.32 Å². The van der Waals surface area contributed by atoms with E-state index in [0.717, 1.165) is 17.7 Å². The molecule has 1 amide bonds. The summed E-state index contributed by atoms with van der Waals surface area (Å²) in [6.07, 6.45) is 2.65. The number of hydrogen-bond acceptors (Lipinski definition) is 3. The fourth-order valence-corrected chi connectivity index (χ4v) is 2.29. The Kier molecular flexibility index (Phi) is 7.28. The van der Waals surface area contributed by atoms with Gasteiger partial charge in [-0.2, -0.15) is 11.8 Å². The van der Waals surface area contributed by atoms with Crippen molar-refractivity contribution in [3.05, 3.63) is 34.9 Å².